The second kappa shape index (κ2) is 6.20. The Morgan fingerprint density at radius 2 is 2.25 bits per heavy atom. The van der Waals surface area contributed by atoms with E-state index in [1.54, 1.807) is 0 Å². The van der Waals surface area contributed by atoms with Crippen molar-refractivity contribution in [1.82, 2.24) is 9.88 Å². The molecule has 2 aromatic rings. The van der Waals surface area contributed by atoms with Gasteiger partial charge in [-0.25, -0.2) is 0 Å². The van der Waals surface area contributed by atoms with E-state index < -0.39 is 0 Å². The Kier molecular flexibility index (Phi) is 4.34. The minimum Gasteiger partial charge on any atom is -0.396 e. The van der Waals surface area contributed by atoms with Gasteiger partial charge in [-0.1, -0.05) is 28.1 Å². The molecule has 2 heterocycles. The van der Waals surface area contributed by atoms with Crippen molar-refractivity contribution >= 4 is 26.8 Å². The lowest BCUT2D eigenvalue weighted by Crippen LogP contribution is -2.36. The Labute approximate surface area is 127 Å². The minimum atomic E-state index is 0.301. The first kappa shape index (κ1) is 14.0. The van der Waals surface area contributed by atoms with Gasteiger partial charge in [0.1, 0.15) is 0 Å². The van der Waals surface area contributed by atoms with Crippen molar-refractivity contribution in [3.8, 4) is 0 Å². The molecule has 0 aliphatic carbocycles. The van der Waals surface area contributed by atoms with Crippen LogP contribution in [-0.2, 0) is 6.54 Å². The highest BCUT2D eigenvalue weighted by atomic mass is 79.9. The standard InChI is InChI=1S/C16H19BrN2O/c17-15-6-5-13(16-14(15)4-1-7-18-16)10-19-8-2-3-12(9-19)11-20/h1,4-7,12,20H,2-3,8-11H2/t12-/m0/s1. The number of benzene rings is 1. The van der Waals surface area contributed by atoms with Gasteiger partial charge in [0.25, 0.3) is 0 Å². The first-order valence-corrected chi connectivity index (χ1v) is 7.92. The van der Waals surface area contributed by atoms with Crippen LogP contribution in [-0.4, -0.2) is 34.7 Å². The number of nitrogens with zero attached hydrogens (tertiary/aromatic N) is 2. The molecule has 1 saturated heterocycles. The molecule has 3 rings (SSSR count). The SMILES string of the molecule is OC[C@H]1CCCN(Cc2ccc(Br)c3cccnc23)C1. The van der Waals surface area contributed by atoms with Gasteiger partial charge in [0.05, 0.1) is 5.52 Å². The Morgan fingerprint density at radius 1 is 1.35 bits per heavy atom. The van der Waals surface area contributed by atoms with E-state index in [2.05, 4.69) is 44.0 Å². The number of hydrogen-bond donors (Lipinski definition) is 1. The summed E-state index contributed by atoms with van der Waals surface area (Å²) in [6.07, 6.45) is 4.17. The predicted octanol–water partition coefficient (Wildman–Crippen LogP) is 3.20. The number of pyridine rings is 1. The van der Waals surface area contributed by atoms with Crippen LogP contribution >= 0.6 is 15.9 Å². The van der Waals surface area contributed by atoms with E-state index in [1.807, 2.05) is 12.3 Å². The van der Waals surface area contributed by atoms with E-state index in [1.165, 1.54) is 17.4 Å². The normalized spacial score (nSPS) is 20.4. The fraction of sp³-hybridized carbons (Fsp3) is 0.438. The van der Waals surface area contributed by atoms with E-state index in [0.717, 1.165) is 36.0 Å². The summed E-state index contributed by atoms with van der Waals surface area (Å²) in [6, 6.07) is 8.33. The summed E-state index contributed by atoms with van der Waals surface area (Å²) in [5.74, 6) is 0.429. The maximum absolute atomic E-state index is 9.34. The summed E-state index contributed by atoms with van der Waals surface area (Å²) < 4.78 is 1.09. The summed E-state index contributed by atoms with van der Waals surface area (Å²) in [5.41, 5.74) is 2.34. The molecule has 0 bridgehead atoms. The zero-order valence-corrected chi connectivity index (χ0v) is 13.0. The van der Waals surface area contributed by atoms with Crippen LogP contribution in [0.1, 0.15) is 18.4 Å². The molecular formula is C16H19BrN2O. The smallest absolute Gasteiger partial charge is 0.0758 e. The number of aliphatic hydroxyl groups is 1. The third-order valence-electron chi connectivity index (χ3n) is 4.06. The van der Waals surface area contributed by atoms with Gasteiger partial charge in [-0.15, -0.1) is 0 Å². The quantitative estimate of drug-likeness (QED) is 0.936. The van der Waals surface area contributed by atoms with E-state index in [9.17, 15) is 5.11 Å². The topological polar surface area (TPSA) is 36.4 Å². The Hall–Kier alpha value is -0.970. The molecule has 3 nitrogen and oxygen atoms in total. The molecule has 4 heteroatoms. The first-order chi connectivity index (χ1) is 9.78. The van der Waals surface area contributed by atoms with Crippen LogP contribution in [0.2, 0.25) is 0 Å². The van der Waals surface area contributed by atoms with Gasteiger partial charge in [0, 0.05) is 35.8 Å². The lowest BCUT2D eigenvalue weighted by atomic mass is 9.98. The monoisotopic (exact) mass is 334 g/mol. The molecule has 106 valence electrons. The highest BCUT2D eigenvalue weighted by Crippen LogP contribution is 2.27. The Balaban J connectivity index is 1.86. The zero-order chi connectivity index (χ0) is 13.9. The average molecular weight is 335 g/mol. The number of fused-ring (bicyclic) bond motifs is 1. The van der Waals surface area contributed by atoms with Crippen LogP contribution in [0.5, 0.6) is 0 Å². The minimum absolute atomic E-state index is 0.301. The number of aromatic nitrogens is 1. The van der Waals surface area contributed by atoms with Gasteiger partial charge in [-0.2, -0.15) is 0 Å². The summed E-state index contributed by atoms with van der Waals surface area (Å²) in [7, 11) is 0. The van der Waals surface area contributed by atoms with Crippen LogP contribution in [0.15, 0.2) is 34.9 Å². The summed E-state index contributed by atoms with van der Waals surface area (Å²) in [6.45, 7) is 3.31. The van der Waals surface area contributed by atoms with Gasteiger partial charge < -0.3 is 5.11 Å². The van der Waals surface area contributed by atoms with Crippen molar-refractivity contribution < 1.29 is 5.11 Å². The maximum atomic E-state index is 9.34. The number of likely N-dealkylation sites (tertiary alicyclic amines) is 1. The molecule has 1 atom stereocenters. The largest absolute Gasteiger partial charge is 0.396 e. The molecule has 1 aliphatic heterocycles. The maximum Gasteiger partial charge on any atom is 0.0758 e. The van der Waals surface area contributed by atoms with Crippen molar-refractivity contribution in [2.75, 3.05) is 19.7 Å². The molecule has 1 aromatic carbocycles. The van der Waals surface area contributed by atoms with Gasteiger partial charge in [-0.05, 0) is 43.0 Å². The molecule has 1 aromatic heterocycles. The van der Waals surface area contributed by atoms with E-state index in [4.69, 9.17) is 0 Å². The highest BCUT2D eigenvalue weighted by Gasteiger charge is 2.20. The van der Waals surface area contributed by atoms with E-state index >= 15 is 0 Å². The van der Waals surface area contributed by atoms with Crippen molar-refractivity contribution in [2.24, 2.45) is 5.92 Å². The fourth-order valence-electron chi connectivity index (χ4n) is 3.01. The van der Waals surface area contributed by atoms with Crippen LogP contribution < -0.4 is 0 Å². The Morgan fingerprint density at radius 3 is 3.10 bits per heavy atom. The predicted molar refractivity (Wildman–Crippen MR) is 84.5 cm³/mol. The molecule has 1 N–H and O–H groups in total. The molecule has 1 fully saturated rings. The number of aliphatic hydroxyl groups excluding tert-OH is 1. The fourth-order valence-corrected chi connectivity index (χ4v) is 3.46. The van der Waals surface area contributed by atoms with Gasteiger partial charge in [-0.3, -0.25) is 9.88 Å². The van der Waals surface area contributed by atoms with Crippen LogP contribution in [0.25, 0.3) is 10.9 Å². The third kappa shape index (κ3) is 2.87. The zero-order valence-electron chi connectivity index (χ0n) is 11.4. The van der Waals surface area contributed by atoms with Gasteiger partial charge >= 0.3 is 0 Å². The van der Waals surface area contributed by atoms with E-state index in [0.29, 0.717) is 12.5 Å². The lowest BCUT2D eigenvalue weighted by Gasteiger charge is -2.31. The molecule has 0 spiro atoms. The molecule has 0 radical (unpaired) electrons. The summed E-state index contributed by atoms with van der Waals surface area (Å²) in [4.78, 5) is 6.97. The number of halogens is 1. The third-order valence-corrected chi connectivity index (χ3v) is 4.75. The summed E-state index contributed by atoms with van der Waals surface area (Å²) >= 11 is 3.59. The van der Waals surface area contributed by atoms with Crippen LogP contribution in [0.4, 0.5) is 0 Å². The molecule has 0 unspecified atom stereocenters. The second-order valence-electron chi connectivity index (χ2n) is 5.53. The molecule has 20 heavy (non-hydrogen) atoms. The first-order valence-electron chi connectivity index (χ1n) is 7.13. The van der Waals surface area contributed by atoms with Crippen molar-refractivity contribution in [1.29, 1.82) is 0 Å². The molecule has 0 amide bonds. The molecule has 0 saturated carbocycles. The van der Waals surface area contributed by atoms with Gasteiger partial charge in [0.2, 0.25) is 0 Å². The molecule has 1 aliphatic rings. The lowest BCUT2D eigenvalue weighted by molar-refractivity contribution is 0.116. The van der Waals surface area contributed by atoms with Crippen molar-refractivity contribution in [3.05, 3.63) is 40.5 Å². The number of rotatable bonds is 3. The highest BCUT2D eigenvalue weighted by molar-refractivity contribution is 9.10. The average Bonchev–Trinajstić information content (AvgIpc) is 2.51. The van der Waals surface area contributed by atoms with Crippen LogP contribution in [0, 0.1) is 5.92 Å². The number of hydrogen-bond acceptors (Lipinski definition) is 3. The van der Waals surface area contributed by atoms with Gasteiger partial charge in [0.15, 0.2) is 0 Å². The van der Waals surface area contributed by atoms with Crippen molar-refractivity contribution in [2.45, 2.75) is 19.4 Å². The summed E-state index contributed by atoms with van der Waals surface area (Å²) in [5, 5.41) is 10.5. The second-order valence-corrected chi connectivity index (χ2v) is 6.39. The molecular weight excluding hydrogens is 316 g/mol. The Bertz CT molecular complexity index is 602. The number of piperidine rings is 1. The van der Waals surface area contributed by atoms with Crippen LogP contribution in [0.3, 0.4) is 0 Å². The van der Waals surface area contributed by atoms with Crippen molar-refractivity contribution in [3.63, 3.8) is 0 Å². The van der Waals surface area contributed by atoms with E-state index in [-0.39, 0.29) is 0 Å².